The zero-order valence-electron chi connectivity index (χ0n) is 16.5. The molecule has 1 aliphatic heterocycles. The van der Waals surface area contributed by atoms with E-state index in [0.717, 1.165) is 47.7 Å². The van der Waals surface area contributed by atoms with E-state index in [0.29, 0.717) is 10.6 Å². The van der Waals surface area contributed by atoms with E-state index in [2.05, 4.69) is 10.2 Å². The molecule has 6 heteroatoms. The van der Waals surface area contributed by atoms with E-state index in [1.54, 1.807) is 0 Å². The molecule has 150 valence electrons. The second kappa shape index (κ2) is 7.67. The van der Waals surface area contributed by atoms with Crippen molar-refractivity contribution in [3.63, 3.8) is 0 Å². The highest BCUT2D eigenvalue weighted by molar-refractivity contribution is 7.21. The Morgan fingerprint density at radius 2 is 1.72 bits per heavy atom. The number of anilines is 3. The summed E-state index contributed by atoms with van der Waals surface area (Å²) in [7, 11) is 0. The second-order valence-electron chi connectivity index (χ2n) is 7.99. The minimum Gasteiger partial charge on any atom is -0.397 e. The normalized spacial score (nSPS) is 16.6. The molecule has 0 unspecified atom stereocenters. The lowest BCUT2D eigenvalue weighted by Gasteiger charge is -2.31. The van der Waals surface area contributed by atoms with Gasteiger partial charge in [-0.15, -0.1) is 11.3 Å². The third kappa shape index (κ3) is 3.35. The van der Waals surface area contributed by atoms with Crippen molar-refractivity contribution in [1.29, 1.82) is 0 Å². The number of benzene rings is 1. The number of nitrogens with zero attached hydrogens (tertiary/aromatic N) is 2. The van der Waals surface area contributed by atoms with Crippen LogP contribution >= 0.6 is 11.3 Å². The fourth-order valence-electron chi connectivity index (χ4n) is 4.64. The van der Waals surface area contributed by atoms with Crippen LogP contribution in [0.5, 0.6) is 0 Å². The van der Waals surface area contributed by atoms with Gasteiger partial charge in [0.15, 0.2) is 0 Å². The minimum atomic E-state index is -0.152. The standard InChI is InChI=1S/C23H26N4OS/c24-19-18-16-11-5-6-12-17(16)21(27-13-7-2-8-14-27)26-23(18)29-20(19)22(28)25-15-9-3-1-4-10-15/h1,3-4,9-10H,2,5-8,11-14,24H2,(H,25,28). The summed E-state index contributed by atoms with van der Waals surface area (Å²) >= 11 is 1.43. The molecule has 1 aromatic carbocycles. The molecule has 3 N–H and O–H groups in total. The lowest BCUT2D eigenvalue weighted by Crippen LogP contribution is -2.31. The Labute approximate surface area is 174 Å². The fourth-order valence-corrected chi connectivity index (χ4v) is 5.66. The highest BCUT2D eigenvalue weighted by atomic mass is 32.1. The first-order valence-electron chi connectivity index (χ1n) is 10.6. The molecule has 2 aliphatic rings. The largest absolute Gasteiger partial charge is 0.397 e. The lowest BCUT2D eigenvalue weighted by molar-refractivity contribution is 0.103. The summed E-state index contributed by atoms with van der Waals surface area (Å²) in [4.78, 5) is 21.9. The van der Waals surface area contributed by atoms with Crippen molar-refractivity contribution >= 4 is 44.7 Å². The van der Waals surface area contributed by atoms with E-state index in [1.165, 1.54) is 54.6 Å². The van der Waals surface area contributed by atoms with Gasteiger partial charge in [0, 0.05) is 24.2 Å². The molecular formula is C23H26N4OS. The van der Waals surface area contributed by atoms with Crippen molar-refractivity contribution in [2.24, 2.45) is 0 Å². The Hall–Kier alpha value is -2.60. The van der Waals surface area contributed by atoms with E-state index in [-0.39, 0.29) is 5.91 Å². The van der Waals surface area contributed by atoms with Crippen molar-refractivity contribution < 1.29 is 4.79 Å². The number of amides is 1. The fraction of sp³-hybridized carbons (Fsp3) is 0.391. The average Bonchev–Trinajstić information content (AvgIpc) is 3.11. The number of nitrogens with one attached hydrogen (secondary N) is 1. The second-order valence-corrected chi connectivity index (χ2v) is 8.99. The molecule has 0 radical (unpaired) electrons. The molecule has 1 aliphatic carbocycles. The molecule has 0 atom stereocenters. The summed E-state index contributed by atoms with van der Waals surface area (Å²) in [6.45, 7) is 2.15. The molecule has 0 bridgehead atoms. The van der Waals surface area contributed by atoms with Crippen LogP contribution in [0.3, 0.4) is 0 Å². The number of para-hydroxylation sites is 1. The van der Waals surface area contributed by atoms with Gasteiger partial charge in [0.05, 0.1) is 5.69 Å². The maximum Gasteiger partial charge on any atom is 0.267 e. The topological polar surface area (TPSA) is 71.2 Å². The number of nitrogens with two attached hydrogens (primary N) is 1. The highest BCUT2D eigenvalue weighted by Crippen LogP contribution is 2.42. The van der Waals surface area contributed by atoms with Crippen molar-refractivity contribution in [3.8, 4) is 0 Å². The quantitative estimate of drug-likeness (QED) is 0.642. The number of piperidine rings is 1. The van der Waals surface area contributed by atoms with Gasteiger partial charge in [-0.2, -0.15) is 0 Å². The Morgan fingerprint density at radius 3 is 2.48 bits per heavy atom. The molecule has 1 amide bonds. The number of hydrogen-bond donors (Lipinski definition) is 2. The third-order valence-corrected chi connectivity index (χ3v) is 7.17. The molecule has 1 saturated heterocycles. The van der Waals surface area contributed by atoms with Crippen LogP contribution in [-0.2, 0) is 12.8 Å². The summed E-state index contributed by atoms with van der Waals surface area (Å²) < 4.78 is 0. The Kier molecular flexibility index (Phi) is 4.87. The Balaban J connectivity index is 1.59. The number of aromatic nitrogens is 1. The number of rotatable bonds is 3. The van der Waals surface area contributed by atoms with Crippen molar-refractivity contribution in [1.82, 2.24) is 4.98 Å². The van der Waals surface area contributed by atoms with Gasteiger partial charge in [0.25, 0.3) is 5.91 Å². The monoisotopic (exact) mass is 406 g/mol. The average molecular weight is 407 g/mol. The molecule has 0 saturated carbocycles. The Bertz CT molecular complexity index is 1050. The smallest absolute Gasteiger partial charge is 0.267 e. The maximum atomic E-state index is 12.9. The maximum absolute atomic E-state index is 12.9. The van der Waals surface area contributed by atoms with Crippen LogP contribution in [0.15, 0.2) is 30.3 Å². The van der Waals surface area contributed by atoms with Crippen LogP contribution in [0, 0.1) is 0 Å². The Morgan fingerprint density at radius 1 is 1.00 bits per heavy atom. The molecule has 2 aromatic heterocycles. The van der Waals surface area contributed by atoms with Crippen LogP contribution in [0.1, 0.15) is 52.9 Å². The summed E-state index contributed by atoms with van der Waals surface area (Å²) in [5.41, 5.74) is 10.6. The lowest BCUT2D eigenvalue weighted by atomic mass is 9.89. The number of carbonyl (C=O) groups is 1. The summed E-state index contributed by atoms with van der Waals surface area (Å²) in [6.07, 6.45) is 8.22. The number of hydrogen-bond acceptors (Lipinski definition) is 5. The number of nitrogen functional groups attached to an aromatic ring is 1. The summed E-state index contributed by atoms with van der Waals surface area (Å²) in [5, 5.41) is 3.99. The van der Waals surface area contributed by atoms with Gasteiger partial charge in [-0.05, 0) is 68.2 Å². The molecule has 29 heavy (non-hydrogen) atoms. The first-order valence-corrected chi connectivity index (χ1v) is 11.4. The molecule has 3 aromatic rings. The predicted octanol–water partition coefficient (Wildman–Crippen LogP) is 5.00. The van der Waals surface area contributed by atoms with Crippen LogP contribution < -0.4 is 16.0 Å². The van der Waals surface area contributed by atoms with Crippen LogP contribution in [-0.4, -0.2) is 24.0 Å². The zero-order chi connectivity index (χ0) is 19.8. The third-order valence-electron chi connectivity index (χ3n) is 6.07. The molecular weight excluding hydrogens is 380 g/mol. The number of aryl methyl sites for hydroxylation is 1. The number of fused-ring (bicyclic) bond motifs is 3. The van der Waals surface area contributed by atoms with E-state index >= 15 is 0 Å². The van der Waals surface area contributed by atoms with E-state index in [1.807, 2.05) is 30.3 Å². The zero-order valence-corrected chi connectivity index (χ0v) is 17.4. The summed E-state index contributed by atoms with van der Waals surface area (Å²) in [5.74, 6) is 0.990. The summed E-state index contributed by atoms with van der Waals surface area (Å²) in [6, 6.07) is 9.52. The molecule has 5 nitrogen and oxygen atoms in total. The van der Waals surface area contributed by atoms with Crippen molar-refractivity contribution in [2.75, 3.05) is 29.0 Å². The van der Waals surface area contributed by atoms with E-state index in [9.17, 15) is 4.79 Å². The van der Waals surface area contributed by atoms with Gasteiger partial charge < -0.3 is 16.0 Å². The molecule has 0 spiro atoms. The van der Waals surface area contributed by atoms with Gasteiger partial charge in [0.1, 0.15) is 15.5 Å². The van der Waals surface area contributed by atoms with Gasteiger partial charge >= 0.3 is 0 Å². The minimum absolute atomic E-state index is 0.152. The predicted molar refractivity (Wildman–Crippen MR) is 121 cm³/mol. The molecule has 5 rings (SSSR count). The van der Waals surface area contributed by atoms with Crippen LogP contribution in [0.2, 0.25) is 0 Å². The van der Waals surface area contributed by atoms with Gasteiger partial charge in [-0.3, -0.25) is 4.79 Å². The molecule has 3 heterocycles. The van der Waals surface area contributed by atoms with E-state index in [4.69, 9.17) is 10.7 Å². The van der Waals surface area contributed by atoms with Gasteiger partial charge in [-0.25, -0.2) is 4.98 Å². The van der Waals surface area contributed by atoms with Crippen molar-refractivity contribution in [3.05, 3.63) is 46.3 Å². The van der Waals surface area contributed by atoms with Crippen LogP contribution in [0.4, 0.5) is 17.2 Å². The SMILES string of the molecule is Nc1c(C(=O)Nc2ccccc2)sc2nc(N3CCCCC3)c3c(c12)CCCC3. The van der Waals surface area contributed by atoms with Gasteiger partial charge in [0.2, 0.25) is 0 Å². The van der Waals surface area contributed by atoms with Gasteiger partial charge in [-0.1, -0.05) is 18.2 Å². The first-order chi connectivity index (χ1) is 14.2. The number of pyridine rings is 1. The van der Waals surface area contributed by atoms with Crippen molar-refractivity contribution in [2.45, 2.75) is 44.9 Å². The number of thiophene rings is 1. The van der Waals surface area contributed by atoms with Crippen LogP contribution in [0.25, 0.3) is 10.2 Å². The van der Waals surface area contributed by atoms with E-state index < -0.39 is 0 Å². The first kappa shape index (κ1) is 18.4. The molecule has 1 fully saturated rings. The number of carbonyl (C=O) groups excluding carboxylic acids is 1. The highest BCUT2D eigenvalue weighted by Gasteiger charge is 2.27.